The number of rotatable bonds is 9. The highest BCUT2D eigenvalue weighted by Crippen LogP contribution is 2.27. The van der Waals surface area contributed by atoms with E-state index in [0.29, 0.717) is 29.2 Å². The van der Waals surface area contributed by atoms with Crippen LogP contribution in [0.15, 0.2) is 67.4 Å². The minimum Gasteiger partial charge on any atom is -0.475 e. The number of benzene rings is 1. The van der Waals surface area contributed by atoms with Crippen LogP contribution >= 0.6 is 0 Å². The highest BCUT2D eigenvalue weighted by Gasteiger charge is 2.27. The van der Waals surface area contributed by atoms with Gasteiger partial charge in [-0.2, -0.15) is 23.3 Å². The Hall–Kier alpha value is -4.81. The summed E-state index contributed by atoms with van der Waals surface area (Å²) < 4.78 is 46.3. The summed E-state index contributed by atoms with van der Waals surface area (Å²) in [5, 5.41) is 9.54. The number of pyridine rings is 2. The normalized spacial score (nSPS) is 11.6. The Morgan fingerprint density at radius 3 is 2.44 bits per heavy atom. The van der Waals surface area contributed by atoms with Gasteiger partial charge in [0.05, 0.1) is 23.0 Å². The molecule has 0 bridgehead atoms. The Labute approximate surface area is 221 Å². The molecule has 4 heterocycles. The molecule has 1 aromatic carbocycles. The summed E-state index contributed by atoms with van der Waals surface area (Å²) in [4.78, 5) is 21.5. The van der Waals surface area contributed by atoms with Crippen LogP contribution in [0.3, 0.4) is 0 Å². The van der Waals surface area contributed by atoms with E-state index in [4.69, 9.17) is 4.74 Å². The molecule has 0 radical (unpaired) electrons. The molecule has 5 rings (SSSR count). The van der Waals surface area contributed by atoms with Gasteiger partial charge in [0.25, 0.3) is 0 Å². The molecule has 0 unspecified atom stereocenters. The van der Waals surface area contributed by atoms with Crippen molar-refractivity contribution in [2.45, 2.75) is 32.7 Å². The molecule has 0 saturated heterocycles. The molecule has 200 valence electrons. The van der Waals surface area contributed by atoms with Crippen molar-refractivity contribution in [3.8, 4) is 22.8 Å². The van der Waals surface area contributed by atoms with Gasteiger partial charge in [-0.15, -0.1) is 0 Å². The second-order valence-corrected chi connectivity index (χ2v) is 8.84. The standard InChI is InChI=1S/C26H24F3N9O/c1-16(2)39-22-10-5-18(12-31-22)20-8-9-21-23(35-20)24(33-13-26(27,28)29)37-25(36-21)32-11-17-3-6-19(7-4-17)38-15-30-14-34-38/h3-10,12,14-16H,11,13H2,1-2H3,(H2,32,33,36,37). The fraction of sp³-hybridized carbons (Fsp3) is 0.231. The summed E-state index contributed by atoms with van der Waals surface area (Å²) in [5.41, 5.74) is 3.54. The Kier molecular flexibility index (Phi) is 7.21. The van der Waals surface area contributed by atoms with Crippen molar-refractivity contribution < 1.29 is 17.9 Å². The van der Waals surface area contributed by atoms with Gasteiger partial charge in [0.15, 0.2) is 5.82 Å². The van der Waals surface area contributed by atoms with Gasteiger partial charge < -0.3 is 15.4 Å². The van der Waals surface area contributed by atoms with Crippen LogP contribution < -0.4 is 15.4 Å². The summed E-state index contributed by atoms with van der Waals surface area (Å²) in [6, 6.07) is 14.5. The molecule has 0 amide bonds. The predicted octanol–water partition coefficient (Wildman–Crippen LogP) is 5.04. The summed E-state index contributed by atoms with van der Waals surface area (Å²) in [7, 11) is 0. The van der Waals surface area contributed by atoms with Crippen LogP contribution in [-0.2, 0) is 6.54 Å². The smallest absolute Gasteiger partial charge is 0.405 e. The van der Waals surface area contributed by atoms with Gasteiger partial charge >= 0.3 is 6.18 Å². The van der Waals surface area contributed by atoms with Crippen LogP contribution in [0.2, 0.25) is 0 Å². The number of ether oxygens (including phenoxy) is 1. The molecule has 13 heteroatoms. The van der Waals surface area contributed by atoms with Crippen LogP contribution in [0.5, 0.6) is 5.88 Å². The lowest BCUT2D eigenvalue weighted by molar-refractivity contribution is -0.115. The lowest BCUT2D eigenvalue weighted by atomic mass is 10.2. The molecule has 0 atom stereocenters. The summed E-state index contributed by atoms with van der Waals surface area (Å²) in [6.07, 6.45) is 0.176. The zero-order chi connectivity index (χ0) is 27.4. The fourth-order valence-corrected chi connectivity index (χ4v) is 3.69. The third-order valence-corrected chi connectivity index (χ3v) is 5.46. The topological polar surface area (TPSA) is 116 Å². The molecule has 2 N–H and O–H groups in total. The van der Waals surface area contributed by atoms with Crippen LogP contribution in [0.1, 0.15) is 19.4 Å². The molecule has 4 aromatic heterocycles. The first kappa shape index (κ1) is 25.8. The largest absolute Gasteiger partial charge is 0.475 e. The molecular formula is C26H24F3N9O. The summed E-state index contributed by atoms with van der Waals surface area (Å²) in [5.74, 6) is 0.601. The number of aromatic nitrogens is 7. The van der Waals surface area contributed by atoms with Crippen LogP contribution in [0.4, 0.5) is 24.9 Å². The Balaban J connectivity index is 1.40. The Morgan fingerprint density at radius 1 is 0.949 bits per heavy atom. The maximum atomic E-state index is 13.0. The monoisotopic (exact) mass is 535 g/mol. The van der Waals surface area contributed by atoms with Gasteiger partial charge in [-0.3, -0.25) is 0 Å². The number of hydrogen-bond donors (Lipinski definition) is 2. The molecule has 0 aliphatic carbocycles. The van der Waals surface area contributed by atoms with Crippen LogP contribution in [-0.4, -0.2) is 53.5 Å². The Morgan fingerprint density at radius 2 is 1.77 bits per heavy atom. The van der Waals surface area contributed by atoms with E-state index in [2.05, 4.69) is 40.7 Å². The zero-order valence-corrected chi connectivity index (χ0v) is 21.0. The van der Waals surface area contributed by atoms with E-state index in [1.54, 1.807) is 41.5 Å². The molecule has 5 aromatic rings. The average molecular weight is 536 g/mol. The van der Waals surface area contributed by atoms with E-state index in [9.17, 15) is 13.2 Å². The van der Waals surface area contributed by atoms with Crippen LogP contribution in [0.25, 0.3) is 28.0 Å². The second-order valence-electron chi connectivity index (χ2n) is 8.84. The van der Waals surface area contributed by atoms with Gasteiger partial charge in [-0.05, 0) is 49.7 Å². The van der Waals surface area contributed by atoms with Gasteiger partial charge in [0.1, 0.15) is 24.7 Å². The van der Waals surface area contributed by atoms with Crippen molar-refractivity contribution in [3.63, 3.8) is 0 Å². The minimum atomic E-state index is -4.44. The van der Waals surface area contributed by atoms with Gasteiger partial charge in [-0.1, -0.05) is 12.1 Å². The number of fused-ring (bicyclic) bond motifs is 1. The zero-order valence-electron chi connectivity index (χ0n) is 21.0. The fourth-order valence-electron chi connectivity index (χ4n) is 3.69. The SMILES string of the molecule is CC(C)Oc1ccc(-c2ccc3nc(NCc4ccc(-n5cncn5)cc4)nc(NCC(F)(F)F)c3n2)cn1. The Bertz CT molecular complexity index is 1540. The molecule has 0 aliphatic rings. The molecule has 0 saturated carbocycles. The van der Waals surface area contributed by atoms with E-state index in [1.165, 1.54) is 6.33 Å². The van der Waals surface area contributed by atoms with Crippen molar-refractivity contribution in [3.05, 3.63) is 72.9 Å². The van der Waals surface area contributed by atoms with Crippen molar-refractivity contribution in [1.29, 1.82) is 0 Å². The number of anilines is 2. The average Bonchev–Trinajstić information content (AvgIpc) is 3.45. The second kappa shape index (κ2) is 10.9. The van der Waals surface area contributed by atoms with E-state index >= 15 is 0 Å². The minimum absolute atomic E-state index is 0.0247. The van der Waals surface area contributed by atoms with Crippen molar-refractivity contribution >= 4 is 22.8 Å². The van der Waals surface area contributed by atoms with Crippen LogP contribution in [0, 0.1) is 0 Å². The number of nitrogens with zero attached hydrogens (tertiary/aromatic N) is 7. The lowest BCUT2D eigenvalue weighted by Crippen LogP contribution is -2.22. The van der Waals surface area contributed by atoms with Gasteiger partial charge in [0.2, 0.25) is 11.8 Å². The van der Waals surface area contributed by atoms with E-state index in [1.807, 2.05) is 38.1 Å². The third-order valence-electron chi connectivity index (χ3n) is 5.46. The first-order valence-electron chi connectivity index (χ1n) is 12.0. The lowest BCUT2D eigenvalue weighted by Gasteiger charge is -2.14. The quantitative estimate of drug-likeness (QED) is 0.268. The van der Waals surface area contributed by atoms with E-state index < -0.39 is 12.7 Å². The molecule has 0 spiro atoms. The number of halogens is 3. The first-order chi connectivity index (χ1) is 18.7. The van der Waals surface area contributed by atoms with E-state index in [0.717, 1.165) is 11.3 Å². The molecule has 10 nitrogen and oxygen atoms in total. The maximum Gasteiger partial charge on any atom is 0.405 e. The van der Waals surface area contributed by atoms with E-state index in [-0.39, 0.29) is 23.4 Å². The van der Waals surface area contributed by atoms with Crippen molar-refractivity contribution in [2.75, 3.05) is 17.2 Å². The number of alkyl halides is 3. The molecule has 39 heavy (non-hydrogen) atoms. The first-order valence-corrected chi connectivity index (χ1v) is 12.0. The highest BCUT2D eigenvalue weighted by atomic mass is 19.4. The third kappa shape index (κ3) is 6.55. The number of hydrogen-bond acceptors (Lipinski definition) is 9. The predicted molar refractivity (Wildman–Crippen MR) is 140 cm³/mol. The summed E-state index contributed by atoms with van der Waals surface area (Å²) >= 11 is 0. The number of nitrogens with one attached hydrogen (secondary N) is 2. The van der Waals surface area contributed by atoms with Crippen molar-refractivity contribution in [2.24, 2.45) is 0 Å². The maximum absolute atomic E-state index is 13.0. The molecular weight excluding hydrogens is 511 g/mol. The van der Waals surface area contributed by atoms with Crippen molar-refractivity contribution in [1.82, 2.24) is 34.7 Å². The summed E-state index contributed by atoms with van der Waals surface area (Å²) in [6.45, 7) is 2.88. The molecule has 0 aliphatic heterocycles. The molecule has 0 fully saturated rings. The highest BCUT2D eigenvalue weighted by molar-refractivity contribution is 5.88. The van der Waals surface area contributed by atoms with Gasteiger partial charge in [0, 0.05) is 24.4 Å². The van der Waals surface area contributed by atoms with Gasteiger partial charge in [-0.25, -0.2) is 24.6 Å².